The van der Waals surface area contributed by atoms with Gasteiger partial charge in [-0.1, -0.05) is 51.4 Å². The van der Waals surface area contributed by atoms with E-state index in [4.69, 9.17) is 11.6 Å². The first kappa shape index (κ1) is 22.4. The number of carbonyl (C=O) groups excluding carboxylic acids is 2. The van der Waals surface area contributed by atoms with Crippen molar-refractivity contribution in [2.45, 2.75) is 26.2 Å². The summed E-state index contributed by atoms with van der Waals surface area (Å²) in [6.07, 6.45) is 0.179. The van der Waals surface area contributed by atoms with Crippen LogP contribution in [0.4, 0.5) is 5.69 Å². The van der Waals surface area contributed by atoms with E-state index in [1.165, 1.54) is 0 Å². The number of aryl methyl sites for hydroxylation is 2. The van der Waals surface area contributed by atoms with Crippen LogP contribution in [0.1, 0.15) is 29.0 Å². The van der Waals surface area contributed by atoms with Crippen molar-refractivity contribution in [1.82, 2.24) is 5.32 Å². The highest BCUT2D eigenvalue weighted by atomic mass is 79.9. The lowest BCUT2D eigenvalue weighted by molar-refractivity contribution is -0.121. The van der Waals surface area contributed by atoms with Gasteiger partial charge in [0.1, 0.15) is 0 Å². The van der Waals surface area contributed by atoms with Crippen LogP contribution in [-0.2, 0) is 9.59 Å². The predicted molar refractivity (Wildman–Crippen MR) is 124 cm³/mol. The molecule has 3 rings (SSSR count). The van der Waals surface area contributed by atoms with E-state index in [0.29, 0.717) is 15.6 Å². The van der Waals surface area contributed by atoms with Gasteiger partial charge >= 0.3 is 0 Å². The minimum absolute atomic E-state index is 0.0725. The molecular formula is C22H19BrClN3O2S. The van der Waals surface area contributed by atoms with Gasteiger partial charge in [-0.05, 0) is 54.8 Å². The van der Waals surface area contributed by atoms with Crippen molar-refractivity contribution < 1.29 is 9.59 Å². The largest absolute Gasteiger partial charge is 0.325 e. The zero-order valence-electron chi connectivity index (χ0n) is 16.4. The molecule has 8 heteroatoms. The number of amides is 2. The Morgan fingerprint density at radius 1 is 1.30 bits per heavy atom. The normalized spacial score (nSPS) is 16.1. The van der Waals surface area contributed by atoms with Crippen LogP contribution in [-0.4, -0.2) is 17.6 Å². The highest BCUT2D eigenvalue weighted by Gasteiger charge is 2.29. The molecule has 1 atom stereocenters. The highest BCUT2D eigenvalue weighted by Crippen LogP contribution is 2.36. The molecule has 0 bridgehead atoms. The fraction of sp³-hybridized carbons (Fsp3) is 0.227. The number of nitriles is 1. The Hall–Kier alpha value is -2.27. The summed E-state index contributed by atoms with van der Waals surface area (Å²) in [5.74, 6) is -0.677. The van der Waals surface area contributed by atoms with Crippen LogP contribution >= 0.6 is 39.3 Å². The van der Waals surface area contributed by atoms with Crippen LogP contribution in [0, 0.1) is 25.2 Å². The average Bonchev–Trinajstić information content (AvgIpc) is 2.69. The molecule has 0 saturated heterocycles. The van der Waals surface area contributed by atoms with Gasteiger partial charge in [-0.2, -0.15) is 5.26 Å². The number of carbonyl (C=O) groups is 2. The number of hydrogen-bond acceptors (Lipinski definition) is 4. The quantitative estimate of drug-likeness (QED) is 0.569. The Labute approximate surface area is 193 Å². The molecule has 1 heterocycles. The van der Waals surface area contributed by atoms with Gasteiger partial charge in [-0.25, -0.2) is 0 Å². The molecule has 2 aromatic rings. The Kier molecular flexibility index (Phi) is 7.24. The second kappa shape index (κ2) is 9.69. The zero-order chi connectivity index (χ0) is 21.8. The van der Waals surface area contributed by atoms with Gasteiger partial charge in [0, 0.05) is 27.5 Å². The van der Waals surface area contributed by atoms with Gasteiger partial charge in [-0.3, -0.25) is 9.59 Å². The lowest BCUT2D eigenvalue weighted by Crippen LogP contribution is -2.31. The lowest BCUT2D eigenvalue weighted by Gasteiger charge is -2.25. The zero-order valence-corrected chi connectivity index (χ0v) is 19.5. The van der Waals surface area contributed by atoms with Gasteiger partial charge < -0.3 is 10.6 Å². The molecule has 154 valence electrons. The van der Waals surface area contributed by atoms with Gasteiger partial charge in [-0.15, -0.1) is 0 Å². The van der Waals surface area contributed by atoms with E-state index in [2.05, 4.69) is 32.6 Å². The SMILES string of the molecule is Cc1cc(Br)cc(C)c1NC(=O)CSC1=C(C#N)[C@H](c2ccc(Cl)cc2)CC(=O)N1. The van der Waals surface area contributed by atoms with E-state index in [1.54, 1.807) is 12.1 Å². The van der Waals surface area contributed by atoms with Crippen LogP contribution in [0.25, 0.3) is 0 Å². The molecular weight excluding hydrogens is 486 g/mol. The summed E-state index contributed by atoms with van der Waals surface area (Å²) >= 11 is 10.6. The summed E-state index contributed by atoms with van der Waals surface area (Å²) in [6.45, 7) is 3.85. The Morgan fingerprint density at radius 2 is 1.93 bits per heavy atom. The maximum atomic E-state index is 12.5. The number of hydrogen-bond donors (Lipinski definition) is 2. The van der Waals surface area contributed by atoms with Crippen molar-refractivity contribution in [2.75, 3.05) is 11.1 Å². The van der Waals surface area contributed by atoms with Crippen LogP contribution in [0.3, 0.4) is 0 Å². The third-order valence-electron chi connectivity index (χ3n) is 4.74. The van der Waals surface area contributed by atoms with E-state index >= 15 is 0 Å². The predicted octanol–water partition coefficient (Wildman–Crippen LogP) is 5.43. The van der Waals surface area contributed by atoms with E-state index < -0.39 is 0 Å². The standard InChI is InChI=1S/C22H19BrClN3O2S/c1-12-7-15(23)8-13(2)21(12)26-20(29)11-30-22-18(10-25)17(9-19(28)27-22)14-3-5-16(24)6-4-14/h3-8,17H,9,11H2,1-2H3,(H,26,29)(H,27,28)/t17-/m0/s1. The molecule has 30 heavy (non-hydrogen) atoms. The number of allylic oxidation sites excluding steroid dienone is 1. The van der Waals surface area contributed by atoms with Crippen molar-refractivity contribution in [1.29, 1.82) is 5.26 Å². The maximum absolute atomic E-state index is 12.5. The van der Waals surface area contributed by atoms with Gasteiger partial charge in [0.25, 0.3) is 0 Å². The molecule has 1 aliphatic heterocycles. The Balaban J connectivity index is 1.77. The van der Waals surface area contributed by atoms with E-state index in [0.717, 1.165) is 38.6 Å². The first-order valence-electron chi connectivity index (χ1n) is 9.17. The number of nitrogens with one attached hydrogen (secondary N) is 2. The first-order chi connectivity index (χ1) is 14.3. The molecule has 0 radical (unpaired) electrons. The Morgan fingerprint density at radius 3 is 2.53 bits per heavy atom. The second-order valence-electron chi connectivity index (χ2n) is 6.96. The fourth-order valence-corrected chi connectivity index (χ4v) is 5.02. The summed E-state index contributed by atoms with van der Waals surface area (Å²) in [6, 6.07) is 13.2. The van der Waals surface area contributed by atoms with Crippen LogP contribution in [0.2, 0.25) is 5.02 Å². The molecule has 0 spiro atoms. The fourth-order valence-electron chi connectivity index (χ4n) is 3.33. The van der Waals surface area contributed by atoms with Crippen LogP contribution < -0.4 is 10.6 Å². The average molecular weight is 505 g/mol. The minimum atomic E-state index is -0.359. The van der Waals surface area contributed by atoms with Gasteiger partial charge in [0.15, 0.2) is 0 Å². The maximum Gasteiger partial charge on any atom is 0.234 e. The summed E-state index contributed by atoms with van der Waals surface area (Å²) in [4.78, 5) is 24.8. The first-order valence-corrected chi connectivity index (χ1v) is 11.3. The van der Waals surface area contributed by atoms with Crippen molar-refractivity contribution >= 4 is 56.8 Å². The van der Waals surface area contributed by atoms with Crippen molar-refractivity contribution in [2.24, 2.45) is 0 Å². The number of anilines is 1. The number of halogens is 2. The third kappa shape index (κ3) is 5.25. The third-order valence-corrected chi connectivity index (χ3v) is 6.46. The molecule has 0 fully saturated rings. The van der Waals surface area contributed by atoms with E-state index in [1.807, 2.05) is 38.1 Å². The van der Waals surface area contributed by atoms with Gasteiger partial charge in [0.2, 0.25) is 11.8 Å². The smallest absolute Gasteiger partial charge is 0.234 e. The lowest BCUT2D eigenvalue weighted by atomic mass is 9.87. The summed E-state index contributed by atoms with van der Waals surface area (Å²) in [7, 11) is 0. The molecule has 5 nitrogen and oxygen atoms in total. The summed E-state index contributed by atoms with van der Waals surface area (Å²) in [5, 5.41) is 16.4. The van der Waals surface area contributed by atoms with Crippen molar-refractivity contribution in [3.63, 3.8) is 0 Å². The van der Waals surface area contributed by atoms with E-state index in [9.17, 15) is 14.9 Å². The number of nitrogens with zero attached hydrogens (tertiary/aromatic N) is 1. The van der Waals surface area contributed by atoms with Crippen LogP contribution in [0.15, 0.2) is 51.5 Å². The van der Waals surface area contributed by atoms with Gasteiger partial charge in [0.05, 0.1) is 22.4 Å². The molecule has 1 aliphatic rings. The summed E-state index contributed by atoms with van der Waals surface area (Å²) in [5.41, 5.74) is 3.96. The molecule has 2 N–H and O–H groups in total. The molecule has 0 unspecified atom stereocenters. The highest BCUT2D eigenvalue weighted by molar-refractivity contribution is 9.10. The van der Waals surface area contributed by atoms with Crippen molar-refractivity contribution in [3.8, 4) is 6.07 Å². The summed E-state index contributed by atoms with van der Waals surface area (Å²) < 4.78 is 0.951. The van der Waals surface area contributed by atoms with E-state index in [-0.39, 0.29) is 29.9 Å². The number of benzene rings is 2. The molecule has 2 amide bonds. The molecule has 0 aromatic heterocycles. The molecule has 0 aliphatic carbocycles. The monoisotopic (exact) mass is 503 g/mol. The molecule has 2 aromatic carbocycles. The second-order valence-corrected chi connectivity index (χ2v) is 9.30. The number of thioether (sulfide) groups is 1. The topological polar surface area (TPSA) is 82.0 Å². The number of rotatable bonds is 5. The Bertz CT molecular complexity index is 1050. The minimum Gasteiger partial charge on any atom is -0.325 e. The molecule has 0 saturated carbocycles. The van der Waals surface area contributed by atoms with Crippen molar-refractivity contribution in [3.05, 3.63) is 73.2 Å². The van der Waals surface area contributed by atoms with Crippen LogP contribution in [0.5, 0.6) is 0 Å².